The Balaban J connectivity index is 2.10. The van der Waals surface area contributed by atoms with Gasteiger partial charge in [0.05, 0.1) is 12.7 Å². The van der Waals surface area contributed by atoms with Crippen LogP contribution in [0.5, 0.6) is 5.75 Å². The van der Waals surface area contributed by atoms with Crippen molar-refractivity contribution in [1.29, 1.82) is 0 Å². The van der Waals surface area contributed by atoms with E-state index >= 15 is 0 Å². The number of alkyl halides is 3. The van der Waals surface area contributed by atoms with Gasteiger partial charge in [-0.15, -0.1) is 0 Å². The molecule has 2 aromatic rings. The third kappa shape index (κ3) is 3.25. The van der Waals surface area contributed by atoms with Crippen molar-refractivity contribution in [2.24, 2.45) is 0 Å². The summed E-state index contributed by atoms with van der Waals surface area (Å²) < 4.78 is 58.6. The Kier molecular flexibility index (Phi) is 5.17. The van der Waals surface area contributed by atoms with Crippen LogP contribution in [-0.4, -0.2) is 13.7 Å². The van der Waals surface area contributed by atoms with Crippen molar-refractivity contribution < 1.29 is 22.3 Å². The molecule has 0 aromatic heterocycles. The van der Waals surface area contributed by atoms with Gasteiger partial charge in [-0.25, -0.2) is 4.39 Å². The predicted molar refractivity (Wildman–Crippen MR) is 102 cm³/mol. The molecule has 0 saturated carbocycles. The van der Waals surface area contributed by atoms with Gasteiger partial charge in [-0.1, -0.05) is 12.1 Å². The maximum absolute atomic E-state index is 14.6. The van der Waals surface area contributed by atoms with Crippen LogP contribution in [0.2, 0.25) is 0 Å². The van der Waals surface area contributed by atoms with Crippen molar-refractivity contribution >= 4 is 5.69 Å². The molecular weight excluding hydrogens is 370 g/mol. The number of methoxy groups -OCH3 is 1. The normalized spacial score (nSPS) is 20.6. The van der Waals surface area contributed by atoms with Crippen molar-refractivity contribution in [2.75, 3.05) is 18.6 Å². The molecule has 0 radical (unpaired) electrons. The first-order valence-electron chi connectivity index (χ1n) is 9.14. The van der Waals surface area contributed by atoms with Gasteiger partial charge in [-0.2, -0.15) is 13.2 Å². The van der Waals surface area contributed by atoms with Gasteiger partial charge in [0.25, 0.3) is 0 Å². The van der Waals surface area contributed by atoms with Crippen LogP contribution in [0.4, 0.5) is 23.2 Å². The second kappa shape index (κ2) is 7.15. The van der Waals surface area contributed by atoms with Crippen molar-refractivity contribution in [3.05, 3.63) is 70.7 Å². The van der Waals surface area contributed by atoms with Gasteiger partial charge in [0.1, 0.15) is 11.6 Å². The molecule has 1 atom stereocenters. The van der Waals surface area contributed by atoms with E-state index in [1.165, 1.54) is 6.07 Å². The molecule has 3 rings (SSSR count). The lowest BCUT2D eigenvalue weighted by molar-refractivity contribution is -0.137. The molecular formula is C22H23F4NO. The maximum Gasteiger partial charge on any atom is 0.416 e. The lowest BCUT2D eigenvalue weighted by atomic mass is 9.76. The number of hydrogen-bond donors (Lipinski definition) is 0. The van der Waals surface area contributed by atoms with Crippen LogP contribution in [0.15, 0.2) is 48.2 Å². The zero-order valence-electron chi connectivity index (χ0n) is 16.3. The number of ether oxygens (including phenoxy) is 1. The van der Waals surface area contributed by atoms with Gasteiger partial charge in [-0.05, 0) is 68.7 Å². The smallest absolute Gasteiger partial charge is 0.416 e. The number of hydrogen-bond acceptors (Lipinski definition) is 2. The molecule has 28 heavy (non-hydrogen) atoms. The molecule has 0 spiro atoms. The van der Waals surface area contributed by atoms with Crippen LogP contribution in [0.3, 0.4) is 0 Å². The van der Waals surface area contributed by atoms with Crippen molar-refractivity contribution in [1.82, 2.24) is 0 Å². The number of benzene rings is 2. The molecule has 1 heterocycles. The first-order valence-corrected chi connectivity index (χ1v) is 9.14. The third-order valence-corrected chi connectivity index (χ3v) is 5.46. The van der Waals surface area contributed by atoms with Gasteiger partial charge >= 0.3 is 6.18 Å². The van der Waals surface area contributed by atoms with E-state index in [9.17, 15) is 17.6 Å². The molecule has 0 saturated heterocycles. The SMILES string of the molecule is C/C=C1\N(CC)c2ccc(OC)cc2C1(C)Cc1ccc(C(F)(F)F)cc1F. The van der Waals surface area contributed by atoms with E-state index in [2.05, 4.69) is 4.90 Å². The van der Waals surface area contributed by atoms with E-state index in [0.29, 0.717) is 11.8 Å². The van der Waals surface area contributed by atoms with Gasteiger partial charge < -0.3 is 9.64 Å². The Morgan fingerprint density at radius 1 is 1.14 bits per heavy atom. The second-order valence-corrected chi connectivity index (χ2v) is 7.11. The van der Waals surface area contributed by atoms with E-state index < -0.39 is 23.0 Å². The van der Waals surface area contributed by atoms with Crippen LogP contribution < -0.4 is 9.64 Å². The molecule has 1 unspecified atom stereocenters. The highest BCUT2D eigenvalue weighted by molar-refractivity contribution is 5.72. The fourth-order valence-electron chi connectivity index (χ4n) is 4.13. The minimum atomic E-state index is -4.57. The van der Waals surface area contributed by atoms with Crippen LogP contribution in [-0.2, 0) is 18.0 Å². The Bertz CT molecular complexity index is 919. The highest BCUT2D eigenvalue weighted by Gasteiger charge is 2.43. The number of halogens is 4. The summed E-state index contributed by atoms with van der Waals surface area (Å²) in [5.74, 6) is -0.155. The lowest BCUT2D eigenvalue weighted by Gasteiger charge is -2.30. The molecule has 1 aliphatic rings. The summed E-state index contributed by atoms with van der Waals surface area (Å²) in [6.07, 6.45) is -2.34. The minimum absolute atomic E-state index is 0.243. The molecule has 150 valence electrons. The van der Waals surface area contributed by atoms with Crippen LogP contribution >= 0.6 is 0 Å². The van der Waals surface area contributed by atoms with E-state index in [0.717, 1.165) is 29.6 Å². The highest BCUT2D eigenvalue weighted by Crippen LogP contribution is 2.50. The highest BCUT2D eigenvalue weighted by atomic mass is 19.4. The quantitative estimate of drug-likeness (QED) is 0.582. The summed E-state index contributed by atoms with van der Waals surface area (Å²) >= 11 is 0. The average molecular weight is 393 g/mol. The number of allylic oxidation sites excluding steroid dienone is 2. The van der Waals surface area contributed by atoms with Crippen LogP contribution in [0.25, 0.3) is 0 Å². The molecule has 0 bridgehead atoms. The Hall–Kier alpha value is -2.50. The molecule has 0 fully saturated rings. The summed E-state index contributed by atoms with van der Waals surface area (Å²) in [6, 6.07) is 8.53. The summed E-state index contributed by atoms with van der Waals surface area (Å²) in [4.78, 5) is 2.15. The Labute approximate surface area is 162 Å². The summed E-state index contributed by atoms with van der Waals surface area (Å²) in [5, 5.41) is 0. The van der Waals surface area contributed by atoms with Gasteiger partial charge in [-0.3, -0.25) is 0 Å². The summed E-state index contributed by atoms with van der Waals surface area (Å²) in [6.45, 7) is 6.67. The molecule has 2 aromatic carbocycles. The van der Waals surface area contributed by atoms with Crippen molar-refractivity contribution in [2.45, 2.75) is 38.8 Å². The van der Waals surface area contributed by atoms with Crippen molar-refractivity contribution in [3.63, 3.8) is 0 Å². The average Bonchev–Trinajstić information content (AvgIpc) is 2.89. The van der Waals surface area contributed by atoms with Gasteiger partial charge in [0.2, 0.25) is 0 Å². The fraction of sp³-hybridized carbons (Fsp3) is 0.364. The molecule has 0 aliphatic carbocycles. The third-order valence-electron chi connectivity index (χ3n) is 5.46. The molecule has 6 heteroatoms. The number of likely N-dealkylation sites (N-methyl/N-ethyl adjacent to an activating group) is 1. The molecule has 2 nitrogen and oxygen atoms in total. The molecule has 1 aliphatic heterocycles. The Morgan fingerprint density at radius 2 is 1.86 bits per heavy atom. The molecule has 0 amide bonds. The van der Waals surface area contributed by atoms with Gasteiger partial charge in [0.15, 0.2) is 0 Å². The minimum Gasteiger partial charge on any atom is -0.497 e. The van der Waals surface area contributed by atoms with E-state index in [4.69, 9.17) is 4.74 Å². The molecule has 0 N–H and O–H groups in total. The first kappa shape index (κ1) is 20.2. The van der Waals surface area contributed by atoms with Crippen LogP contribution in [0.1, 0.15) is 37.5 Å². The second-order valence-electron chi connectivity index (χ2n) is 7.11. The fourth-order valence-corrected chi connectivity index (χ4v) is 4.13. The lowest BCUT2D eigenvalue weighted by Crippen LogP contribution is -2.30. The standard InChI is InChI=1S/C22H23F4NO/c1-5-20-21(3,13-14-7-8-15(11-18(14)23)22(24,25)26)17-12-16(28-4)9-10-19(17)27(20)6-2/h5,7-12H,6,13H2,1-4H3/b20-5-. The van der Waals surface area contributed by atoms with E-state index in [-0.39, 0.29) is 12.0 Å². The van der Waals surface area contributed by atoms with Gasteiger partial charge in [0, 0.05) is 23.3 Å². The number of rotatable bonds is 4. The van der Waals surface area contributed by atoms with E-state index in [1.807, 2.05) is 45.0 Å². The van der Waals surface area contributed by atoms with E-state index in [1.54, 1.807) is 7.11 Å². The topological polar surface area (TPSA) is 12.5 Å². The zero-order valence-corrected chi connectivity index (χ0v) is 16.3. The summed E-state index contributed by atoms with van der Waals surface area (Å²) in [5.41, 5.74) is 1.66. The monoisotopic (exact) mass is 393 g/mol. The van der Waals surface area contributed by atoms with Crippen molar-refractivity contribution in [3.8, 4) is 5.75 Å². The zero-order chi connectivity index (χ0) is 20.7. The first-order chi connectivity index (χ1) is 13.2. The number of fused-ring (bicyclic) bond motifs is 1. The number of anilines is 1. The largest absolute Gasteiger partial charge is 0.497 e. The number of nitrogens with zero attached hydrogens (tertiary/aromatic N) is 1. The maximum atomic E-state index is 14.6. The predicted octanol–water partition coefficient (Wildman–Crippen LogP) is 6.10. The Morgan fingerprint density at radius 3 is 2.39 bits per heavy atom. The van der Waals surface area contributed by atoms with Crippen LogP contribution in [0, 0.1) is 5.82 Å². The summed E-state index contributed by atoms with van der Waals surface area (Å²) in [7, 11) is 1.58.